The van der Waals surface area contributed by atoms with E-state index in [1.807, 2.05) is 6.07 Å². The highest BCUT2D eigenvalue weighted by atomic mass is 127. The van der Waals surface area contributed by atoms with E-state index >= 15 is 0 Å². The van der Waals surface area contributed by atoms with Crippen LogP contribution in [0.15, 0.2) is 36.4 Å². The topological polar surface area (TPSA) is 30.5 Å². The molecular formula is C16H17ClINO2. The van der Waals surface area contributed by atoms with Gasteiger partial charge in [-0.05, 0) is 47.2 Å². The summed E-state index contributed by atoms with van der Waals surface area (Å²) in [5, 5.41) is 3.96. The number of ether oxygens (including phenoxy) is 2. The number of hydrogen-bond donors (Lipinski definition) is 1. The molecule has 0 bridgehead atoms. The predicted octanol–water partition coefficient (Wildman–Crippen LogP) is 5.13. The zero-order valence-corrected chi connectivity index (χ0v) is 15.0. The summed E-state index contributed by atoms with van der Waals surface area (Å²) in [5.74, 6) is 1.31. The van der Waals surface area contributed by atoms with Gasteiger partial charge in [-0.15, -0.1) is 0 Å². The quantitative estimate of drug-likeness (QED) is 0.684. The summed E-state index contributed by atoms with van der Waals surface area (Å²) in [6.07, 6.45) is 0. The van der Waals surface area contributed by atoms with E-state index in [0.29, 0.717) is 16.5 Å². The molecule has 0 spiro atoms. The highest BCUT2D eigenvalue weighted by Crippen LogP contribution is 2.37. The maximum Gasteiger partial charge on any atom is 0.143 e. The SMILES string of the molecule is COc1cc(NC(C)c2ccc(I)cc2)c(OC)cc1Cl. The second-order valence-corrected chi connectivity index (χ2v) is 6.26. The molecule has 0 aliphatic carbocycles. The van der Waals surface area contributed by atoms with Crippen LogP contribution in [0, 0.1) is 3.57 Å². The Kier molecular flexibility index (Phi) is 5.58. The molecule has 2 aromatic rings. The second kappa shape index (κ2) is 7.22. The van der Waals surface area contributed by atoms with Crippen LogP contribution in [-0.2, 0) is 0 Å². The van der Waals surface area contributed by atoms with Crippen LogP contribution in [0.4, 0.5) is 5.69 Å². The fourth-order valence-corrected chi connectivity index (χ4v) is 2.63. The molecule has 2 aromatic carbocycles. The van der Waals surface area contributed by atoms with Gasteiger partial charge in [-0.25, -0.2) is 0 Å². The molecule has 1 unspecified atom stereocenters. The van der Waals surface area contributed by atoms with Crippen LogP contribution in [0.25, 0.3) is 0 Å². The Morgan fingerprint density at radius 3 is 2.24 bits per heavy atom. The molecule has 0 aliphatic heterocycles. The molecule has 112 valence electrons. The fraction of sp³-hybridized carbons (Fsp3) is 0.250. The van der Waals surface area contributed by atoms with Gasteiger partial charge >= 0.3 is 0 Å². The van der Waals surface area contributed by atoms with Gasteiger partial charge in [0.2, 0.25) is 0 Å². The van der Waals surface area contributed by atoms with Crippen LogP contribution >= 0.6 is 34.2 Å². The van der Waals surface area contributed by atoms with Crippen LogP contribution in [0.5, 0.6) is 11.5 Å². The molecular weight excluding hydrogens is 401 g/mol. The number of nitrogens with one attached hydrogen (secondary N) is 1. The average Bonchev–Trinajstić information content (AvgIpc) is 2.49. The van der Waals surface area contributed by atoms with Crippen LogP contribution in [0.2, 0.25) is 5.02 Å². The van der Waals surface area contributed by atoms with Crippen LogP contribution in [-0.4, -0.2) is 14.2 Å². The van der Waals surface area contributed by atoms with Gasteiger partial charge in [-0.1, -0.05) is 23.7 Å². The molecule has 0 fully saturated rings. The van der Waals surface area contributed by atoms with Gasteiger partial charge < -0.3 is 14.8 Å². The fourth-order valence-electron chi connectivity index (χ4n) is 2.04. The summed E-state index contributed by atoms with van der Waals surface area (Å²) in [4.78, 5) is 0. The minimum absolute atomic E-state index is 0.141. The van der Waals surface area contributed by atoms with Crippen molar-refractivity contribution in [2.75, 3.05) is 19.5 Å². The second-order valence-electron chi connectivity index (χ2n) is 4.60. The minimum Gasteiger partial charge on any atom is -0.495 e. The Labute approximate surface area is 143 Å². The summed E-state index contributed by atoms with van der Waals surface area (Å²) in [5.41, 5.74) is 2.05. The van der Waals surface area contributed by atoms with E-state index in [2.05, 4.69) is 59.1 Å². The van der Waals surface area contributed by atoms with E-state index in [1.54, 1.807) is 20.3 Å². The van der Waals surface area contributed by atoms with Gasteiger partial charge in [-0.2, -0.15) is 0 Å². The molecule has 0 aromatic heterocycles. The molecule has 3 nitrogen and oxygen atoms in total. The van der Waals surface area contributed by atoms with Crippen molar-refractivity contribution in [3.8, 4) is 11.5 Å². The van der Waals surface area contributed by atoms with Gasteiger partial charge in [-0.3, -0.25) is 0 Å². The normalized spacial score (nSPS) is 11.9. The van der Waals surface area contributed by atoms with Crippen molar-refractivity contribution < 1.29 is 9.47 Å². The largest absolute Gasteiger partial charge is 0.495 e. The third-order valence-corrected chi connectivity index (χ3v) is 4.23. The predicted molar refractivity (Wildman–Crippen MR) is 95.8 cm³/mol. The third-order valence-electron chi connectivity index (χ3n) is 3.22. The average molecular weight is 418 g/mol. The zero-order chi connectivity index (χ0) is 15.4. The lowest BCUT2D eigenvalue weighted by Gasteiger charge is -2.19. The number of halogens is 2. The van der Waals surface area contributed by atoms with Crippen LogP contribution in [0.3, 0.4) is 0 Å². The van der Waals surface area contributed by atoms with Gasteiger partial charge in [0.15, 0.2) is 0 Å². The maximum absolute atomic E-state index is 6.12. The smallest absolute Gasteiger partial charge is 0.143 e. The van der Waals surface area contributed by atoms with E-state index in [4.69, 9.17) is 21.1 Å². The molecule has 0 aliphatic rings. The molecule has 0 heterocycles. The first-order valence-corrected chi connectivity index (χ1v) is 7.94. The number of hydrogen-bond acceptors (Lipinski definition) is 3. The Balaban J connectivity index is 2.27. The lowest BCUT2D eigenvalue weighted by molar-refractivity contribution is 0.404. The van der Waals surface area contributed by atoms with Crippen molar-refractivity contribution in [2.45, 2.75) is 13.0 Å². The van der Waals surface area contributed by atoms with E-state index < -0.39 is 0 Å². The van der Waals surface area contributed by atoms with Gasteiger partial charge in [0.05, 0.1) is 24.9 Å². The summed E-state index contributed by atoms with van der Waals surface area (Å²) in [6, 6.07) is 12.1. The molecule has 2 rings (SSSR count). The van der Waals surface area contributed by atoms with Gasteiger partial charge in [0.1, 0.15) is 11.5 Å². The van der Waals surface area contributed by atoms with Crippen molar-refractivity contribution in [2.24, 2.45) is 0 Å². The number of benzene rings is 2. The first-order valence-electron chi connectivity index (χ1n) is 6.48. The summed E-state index contributed by atoms with van der Waals surface area (Å²) >= 11 is 8.41. The molecule has 5 heteroatoms. The van der Waals surface area contributed by atoms with E-state index in [1.165, 1.54) is 9.13 Å². The zero-order valence-electron chi connectivity index (χ0n) is 12.1. The molecule has 1 N–H and O–H groups in total. The minimum atomic E-state index is 0.141. The highest BCUT2D eigenvalue weighted by molar-refractivity contribution is 14.1. The maximum atomic E-state index is 6.12. The van der Waals surface area contributed by atoms with Crippen molar-refractivity contribution in [3.63, 3.8) is 0 Å². The van der Waals surface area contributed by atoms with E-state index in [0.717, 1.165) is 5.69 Å². The van der Waals surface area contributed by atoms with Gasteiger partial charge in [0, 0.05) is 21.7 Å². The van der Waals surface area contributed by atoms with Gasteiger partial charge in [0.25, 0.3) is 0 Å². The molecule has 0 radical (unpaired) electrons. The van der Waals surface area contributed by atoms with E-state index in [9.17, 15) is 0 Å². The first kappa shape index (κ1) is 16.2. The lowest BCUT2D eigenvalue weighted by atomic mass is 10.1. The first-order chi connectivity index (χ1) is 10.0. The number of methoxy groups -OCH3 is 2. The van der Waals surface area contributed by atoms with Crippen molar-refractivity contribution >= 4 is 39.9 Å². The molecule has 0 saturated heterocycles. The van der Waals surface area contributed by atoms with Crippen LogP contribution in [0.1, 0.15) is 18.5 Å². The Bertz CT molecular complexity index is 616. The number of rotatable bonds is 5. The standard InChI is InChI=1S/C16H17ClINO2/c1-10(11-4-6-12(18)7-5-11)19-14-9-15(20-2)13(17)8-16(14)21-3/h4-10,19H,1-3H3. The monoisotopic (exact) mass is 417 g/mol. The molecule has 0 amide bonds. The van der Waals surface area contributed by atoms with Crippen molar-refractivity contribution in [3.05, 3.63) is 50.6 Å². The summed E-state index contributed by atoms with van der Waals surface area (Å²) in [6.45, 7) is 2.10. The lowest BCUT2D eigenvalue weighted by Crippen LogP contribution is -2.08. The summed E-state index contributed by atoms with van der Waals surface area (Å²) in [7, 11) is 3.22. The Morgan fingerprint density at radius 2 is 1.67 bits per heavy atom. The molecule has 1 atom stereocenters. The van der Waals surface area contributed by atoms with Crippen LogP contribution < -0.4 is 14.8 Å². The molecule has 21 heavy (non-hydrogen) atoms. The summed E-state index contributed by atoms with van der Waals surface area (Å²) < 4.78 is 11.9. The van der Waals surface area contributed by atoms with Crippen molar-refractivity contribution in [1.29, 1.82) is 0 Å². The highest BCUT2D eigenvalue weighted by Gasteiger charge is 2.13. The Morgan fingerprint density at radius 1 is 1.05 bits per heavy atom. The van der Waals surface area contributed by atoms with E-state index in [-0.39, 0.29) is 6.04 Å². The molecule has 0 saturated carbocycles. The number of anilines is 1. The Hall–Kier alpha value is -1.14. The van der Waals surface area contributed by atoms with Crippen molar-refractivity contribution in [1.82, 2.24) is 0 Å². The third kappa shape index (κ3) is 3.95.